The minimum absolute atomic E-state index is 0.160. The molecule has 1 aliphatic rings. The summed E-state index contributed by atoms with van der Waals surface area (Å²) in [7, 11) is 0. The van der Waals surface area contributed by atoms with Crippen LogP contribution in [0.5, 0.6) is 0 Å². The van der Waals surface area contributed by atoms with Crippen molar-refractivity contribution in [2.75, 3.05) is 0 Å². The molecule has 4 heteroatoms. The molecule has 18 heavy (non-hydrogen) atoms. The van der Waals surface area contributed by atoms with Gasteiger partial charge in [0.25, 0.3) is 0 Å². The second-order valence-electron chi connectivity index (χ2n) is 5.19. The van der Waals surface area contributed by atoms with E-state index in [9.17, 15) is 8.78 Å². The summed E-state index contributed by atoms with van der Waals surface area (Å²) >= 11 is 0. The number of hydrogen-bond acceptors (Lipinski definition) is 2. The number of rotatable bonds is 4. The van der Waals surface area contributed by atoms with E-state index in [1.54, 1.807) is 0 Å². The lowest BCUT2D eigenvalue weighted by molar-refractivity contribution is 0.356. The Morgan fingerprint density at radius 2 is 1.94 bits per heavy atom. The summed E-state index contributed by atoms with van der Waals surface area (Å²) in [6.45, 7) is 2.18. The van der Waals surface area contributed by atoms with E-state index in [4.69, 9.17) is 5.84 Å². The summed E-state index contributed by atoms with van der Waals surface area (Å²) in [5.74, 6) is 5.56. The molecule has 1 fully saturated rings. The first-order valence-corrected chi connectivity index (χ1v) is 6.56. The third-order valence-corrected chi connectivity index (χ3v) is 4.05. The fraction of sp³-hybridized carbons (Fsp3) is 0.571. The highest BCUT2D eigenvalue weighted by molar-refractivity contribution is 5.22. The van der Waals surface area contributed by atoms with Crippen molar-refractivity contribution in [2.24, 2.45) is 17.7 Å². The fourth-order valence-corrected chi connectivity index (χ4v) is 3.05. The van der Waals surface area contributed by atoms with Crippen LogP contribution in [-0.2, 0) is 0 Å². The second-order valence-corrected chi connectivity index (χ2v) is 5.19. The molecule has 0 spiro atoms. The molecule has 100 valence electrons. The van der Waals surface area contributed by atoms with Gasteiger partial charge in [-0.25, -0.2) is 8.78 Å². The molecule has 2 rings (SSSR count). The van der Waals surface area contributed by atoms with Gasteiger partial charge in [-0.2, -0.15) is 0 Å². The van der Waals surface area contributed by atoms with E-state index in [2.05, 4.69) is 12.3 Å². The average molecular weight is 254 g/mol. The molecule has 0 saturated heterocycles. The van der Waals surface area contributed by atoms with Crippen LogP contribution in [0.15, 0.2) is 18.2 Å². The highest BCUT2D eigenvalue weighted by Gasteiger charge is 2.30. The Bertz CT molecular complexity index is 389. The number of nitrogens with two attached hydrogens (primary N) is 1. The van der Waals surface area contributed by atoms with Gasteiger partial charge in [0, 0.05) is 12.1 Å². The van der Waals surface area contributed by atoms with Crippen LogP contribution in [0.2, 0.25) is 0 Å². The predicted octanol–water partition coefficient (Wildman–Crippen LogP) is 3.30. The Morgan fingerprint density at radius 3 is 2.44 bits per heavy atom. The zero-order valence-corrected chi connectivity index (χ0v) is 10.6. The molecule has 0 amide bonds. The second kappa shape index (κ2) is 5.76. The normalized spacial score (nSPS) is 25.3. The van der Waals surface area contributed by atoms with E-state index in [1.807, 2.05) is 0 Å². The van der Waals surface area contributed by atoms with E-state index >= 15 is 0 Å². The Balaban J connectivity index is 2.18. The van der Waals surface area contributed by atoms with Crippen molar-refractivity contribution < 1.29 is 8.78 Å². The highest BCUT2D eigenvalue weighted by Crippen LogP contribution is 2.40. The van der Waals surface area contributed by atoms with E-state index in [0.717, 1.165) is 25.3 Å². The number of halogens is 2. The van der Waals surface area contributed by atoms with E-state index in [-0.39, 0.29) is 6.04 Å². The monoisotopic (exact) mass is 254 g/mol. The lowest BCUT2D eigenvalue weighted by Crippen LogP contribution is -2.33. The van der Waals surface area contributed by atoms with Crippen molar-refractivity contribution in [3.63, 3.8) is 0 Å². The quantitative estimate of drug-likeness (QED) is 0.639. The van der Waals surface area contributed by atoms with Gasteiger partial charge >= 0.3 is 0 Å². The molecule has 3 unspecified atom stereocenters. The first-order chi connectivity index (χ1) is 8.63. The van der Waals surface area contributed by atoms with Gasteiger partial charge in [-0.15, -0.1) is 0 Å². The standard InChI is InChI=1S/C14H20F2N2/c1-2-9-3-4-10(5-9)14(18-17)11-6-12(15)8-13(16)7-11/h6-10,14,18H,2-5,17H2,1H3. The summed E-state index contributed by atoms with van der Waals surface area (Å²) in [5.41, 5.74) is 3.33. The largest absolute Gasteiger partial charge is 0.271 e. The van der Waals surface area contributed by atoms with Gasteiger partial charge in [-0.3, -0.25) is 11.3 Å². The van der Waals surface area contributed by atoms with Crippen molar-refractivity contribution in [1.29, 1.82) is 0 Å². The molecule has 1 aliphatic carbocycles. The van der Waals surface area contributed by atoms with Crippen molar-refractivity contribution in [3.8, 4) is 0 Å². The van der Waals surface area contributed by atoms with Crippen LogP contribution in [0.3, 0.4) is 0 Å². The minimum atomic E-state index is -0.546. The fourth-order valence-electron chi connectivity index (χ4n) is 3.05. The molecule has 3 atom stereocenters. The number of hydrogen-bond donors (Lipinski definition) is 2. The zero-order chi connectivity index (χ0) is 13.1. The number of hydrazine groups is 1. The first-order valence-electron chi connectivity index (χ1n) is 6.56. The van der Waals surface area contributed by atoms with Crippen molar-refractivity contribution in [2.45, 2.75) is 38.6 Å². The lowest BCUT2D eigenvalue weighted by atomic mass is 9.91. The maximum absolute atomic E-state index is 13.2. The van der Waals surface area contributed by atoms with Crippen molar-refractivity contribution in [3.05, 3.63) is 35.4 Å². The summed E-state index contributed by atoms with van der Waals surface area (Å²) in [6.07, 6.45) is 4.47. The van der Waals surface area contributed by atoms with Crippen molar-refractivity contribution >= 4 is 0 Å². The van der Waals surface area contributed by atoms with Crippen LogP contribution < -0.4 is 11.3 Å². The van der Waals surface area contributed by atoms with Crippen LogP contribution in [-0.4, -0.2) is 0 Å². The summed E-state index contributed by atoms with van der Waals surface area (Å²) in [5, 5.41) is 0. The van der Waals surface area contributed by atoms with Crippen molar-refractivity contribution in [1.82, 2.24) is 5.43 Å². The molecule has 0 aliphatic heterocycles. The third-order valence-electron chi connectivity index (χ3n) is 4.05. The third kappa shape index (κ3) is 2.87. The van der Waals surface area contributed by atoms with Crippen LogP contribution >= 0.6 is 0 Å². The predicted molar refractivity (Wildman–Crippen MR) is 67.5 cm³/mol. The van der Waals surface area contributed by atoms with Gasteiger partial charge in [-0.05, 0) is 42.4 Å². The Labute approximate surface area is 107 Å². The van der Waals surface area contributed by atoms with Crippen LogP contribution in [0, 0.1) is 23.5 Å². The summed E-state index contributed by atoms with van der Waals surface area (Å²) in [6, 6.07) is 3.46. The van der Waals surface area contributed by atoms with Crippen LogP contribution in [0.1, 0.15) is 44.2 Å². The molecule has 0 radical (unpaired) electrons. The van der Waals surface area contributed by atoms with E-state index in [0.29, 0.717) is 17.4 Å². The molecule has 0 heterocycles. The molecule has 1 saturated carbocycles. The molecule has 0 bridgehead atoms. The minimum Gasteiger partial charge on any atom is -0.271 e. The Hall–Kier alpha value is -1.00. The summed E-state index contributed by atoms with van der Waals surface area (Å²) < 4.78 is 26.5. The van der Waals surface area contributed by atoms with E-state index in [1.165, 1.54) is 18.6 Å². The van der Waals surface area contributed by atoms with E-state index < -0.39 is 11.6 Å². The smallest absolute Gasteiger partial charge is 0.126 e. The van der Waals surface area contributed by atoms with Gasteiger partial charge < -0.3 is 0 Å². The lowest BCUT2D eigenvalue weighted by Gasteiger charge is -2.23. The first kappa shape index (κ1) is 13.4. The van der Waals surface area contributed by atoms with Gasteiger partial charge in [0.1, 0.15) is 11.6 Å². The zero-order valence-electron chi connectivity index (χ0n) is 10.6. The molecule has 0 aromatic heterocycles. The number of benzene rings is 1. The molecular formula is C14H20F2N2. The maximum Gasteiger partial charge on any atom is 0.126 e. The van der Waals surface area contributed by atoms with Crippen LogP contribution in [0.4, 0.5) is 8.78 Å². The Morgan fingerprint density at radius 1 is 1.28 bits per heavy atom. The van der Waals surface area contributed by atoms with Gasteiger partial charge in [0.05, 0.1) is 0 Å². The van der Waals surface area contributed by atoms with Gasteiger partial charge in [-0.1, -0.05) is 19.8 Å². The van der Waals surface area contributed by atoms with Crippen LogP contribution in [0.25, 0.3) is 0 Å². The molecule has 1 aromatic carbocycles. The topological polar surface area (TPSA) is 38.0 Å². The molecule has 2 nitrogen and oxygen atoms in total. The highest BCUT2D eigenvalue weighted by atomic mass is 19.1. The molecule has 1 aromatic rings. The maximum atomic E-state index is 13.2. The summed E-state index contributed by atoms with van der Waals surface area (Å²) in [4.78, 5) is 0. The SMILES string of the molecule is CCC1CCC(C(NN)c2cc(F)cc(F)c2)C1. The number of nitrogens with one attached hydrogen (secondary N) is 1. The van der Waals surface area contributed by atoms with Gasteiger partial charge in [0.2, 0.25) is 0 Å². The molecule has 3 N–H and O–H groups in total. The van der Waals surface area contributed by atoms with Gasteiger partial charge in [0.15, 0.2) is 0 Å². The molecular weight excluding hydrogens is 234 g/mol. The Kier molecular flexibility index (Phi) is 4.30. The average Bonchev–Trinajstić information content (AvgIpc) is 2.77.